The molecule has 0 spiro atoms. The van der Waals surface area contributed by atoms with Crippen LogP contribution in [0.3, 0.4) is 0 Å². The quantitative estimate of drug-likeness (QED) is 0.844. The molecule has 0 aliphatic rings. The van der Waals surface area contributed by atoms with E-state index in [1.54, 1.807) is 36.4 Å². The third kappa shape index (κ3) is 2.98. The van der Waals surface area contributed by atoms with Gasteiger partial charge < -0.3 is 5.11 Å². The maximum Gasteiger partial charge on any atom is 0.129 e. The monoisotopic (exact) mass is 312 g/mol. The summed E-state index contributed by atoms with van der Waals surface area (Å²) in [6, 6.07) is 11.5. The highest BCUT2D eigenvalue weighted by Gasteiger charge is 2.31. The minimum absolute atomic E-state index is 0.212. The molecule has 2 aromatic carbocycles. The fourth-order valence-electron chi connectivity index (χ4n) is 2.25. The van der Waals surface area contributed by atoms with E-state index in [1.165, 1.54) is 6.07 Å². The van der Waals surface area contributed by atoms with Gasteiger partial charge in [-0.15, -0.1) is 0 Å². The van der Waals surface area contributed by atoms with Crippen molar-refractivity contribution in [3.63, 3.8) is 0 Å². The molecular formula is C16H15Cl2FO. The number of halogens is 3. The predicted octanol–water partition coefficient (Wildman–Crippen LogP) is 4.97. The highest BCUT2D eigenvalue weighted by atomic mass is 35.5. The lowest BCUT2D eigenvalue weighted by atomic mass is 9.85. The van der Waals surface area contributed by atoms with Gasteiger partial charge in [-0.3, -0.25) is 0 Å². The Hall–Kier alpha value is -1.09. The average Bonchev–Trinajstić information content (AvgIpc) is 2.44. The van der Waals surface area contributed by atoms with Crippen molar-refractivity contribution < 1.29 is 9.50 Å². The smallest absolute Gasteiger partial charge is 0.129 e. The molecule has 1 N–H and O–H groups in total. The largest absolute Gasteiger partial charge is 0.385 e. The summed E-state index contributed by atoms with van der Waals surface area (Å²) >= 11 is 12.1. The zero-order valence-electron chi connectivity index (χ0n) is 11.0. The van der Waals surface area contributed by atoms with Crippen molar-refractivity contribution in [1.82, 2.24) is 0 Å². The van der Waals surface area contributed by atoms with Crippen LogP contribution < -0.4 is 0 Å². The molecule has 0 amide bonds. The number of hydrogen-bond donors (Lipinski definition) is 1. The molecule has 20 heavy (non-hydrogen) atoms. The Morgan fingerprint density at radius 3 is 2.45 bits per heavy atom. The summed E-state index contributed by atoms with van der Waals surface area (Å²) in [7, 11) is 0. The molecule has 2 aromatic rings. The molecular weight excluding hydrogens is 298 g/mol. The summed E-state index contributed by atoms with van der Waals surface area (Å²) in [4.78, 5) is 0. The molecule has 0 aromatic heterocycles. The van der Waals surface area contributed by atoms with E-state index in [-0.39, 0.29) is 12.0 Å². The molecule has 0 aliphatic heterocycles. The van der Waals surface area contributed by atoms with Gasteiger partial charge in [0.05, 0.1) is 15.6 Å². The summed E-state index contributed by atoms with van der Waals surface area (Å²) in [6.45, 7) is 1.81. The number of aliphatic hydroxyl groups is 1. The number of rotatable bonds is 4. The number of hydrogen-bond acceptors (Lipinski definition) is 1. The molecule has 0 aliphatic carbocycles. The van der Waals surface area contributed by atoms with Gasteiger partial charge in [0.2, 0.25) is 0 Å². The minimum Gasteiger partial charge on any atom is -0.385 e. The standard InChI is InChI=1S/C16H15Cl2FO/c1-2-16(20,12-7-3-4-9-14(12)19)10-11-6-5-8-13(17)15(11)18/h3-9,20H,2,10H2,1H3. The summed E-state index contributed by atoms with van der Waals surface area (Å²) in [6.07, 6.45) is 0.584. The van der Waals surface area contributed by atoms with Crippen LogP contribution in [0.5, 0.6) is 0 Å². The Bertz CT molecular complexity index is 615. The molecule has 0 saturated heterocycles. The van der Waals surface area contributed by atoms with Gasteiger partial charge in [0.1, 0.15) is 5.82 Å². The maximum atomic E-state index is 13.9. The van der Waals surface area contributed by atoms with E-state index in [1.807, 2.05) is 6.92 Å². The van der Waals surface area contributed by atoms with Crippen molar-refractivity contribution in [2.45, 2.75) is 25.4 Å². The second-order valence-electron chi connectivity index (χ2n) is 4.75. The van der Waals surface area contributed by atoms with Gasteiger partial charge in [0.25, 0.3) is 0 Å². The van der Waals surface area contributed by atoms with Crippen molar-refractivity contribution in [1.29, 1.82) is 0 Å². The van der Waals surface area contributed by atoms with E-state index in [9.17, 15) is 9.50 Å². The van der Waals surface area contributed by atoms with Gasteiger partial charge in [-0.05, 0) is 24.1 Å². The second kappa shape index (κ2) is 6.13. The zero-order valence-corrected chi connectivity index (χ0v) is 12.5. The molecule has 2 rings (SSSR count). The van der Waals surface area contributed by atoms with Crippen LogP contribution in [0.2, 0.25) is 10.0 Å². The maximum absolute atomic E-state index is 13.9. The van der Waals surface area contributed by atoms with E-state index in [0.29, 0.717) is 22.0 Å². The lowest BCUT2D eigenvalue weighted by molar-refractivity contribution is 0.0292. The van der Waals surface area contributed by atoms with Crippen molar-refractivity contribution >= 4 is 23.2 Å². The Kier molecular flexibility index (Phi) is 4.69. The van der Waals surface area contributed by atoms with Crippen LogP contribution in [0.1, 0.15) is 24.5 Å². The molecule has 0 radical (unpaired) electrons. The molecule has 4 heteroatoms. The van der Waals surface area contributed by atoms with Crippen LogP contribution >= 0.6 is 23.2 Å². The first kappa shape index (κ1) is 15.3. The Labute approximate surface area is 128 Å². The summed E-state index contributed by atoms with van der Waals surface area (Å²) < 4.78 is 13.9. The van der Waals surface area contributed by atoms with Gasteiger partial charge in [-0.25, -0.2) is 4.39 Å². The van der Waals surface area contributed by atoms with E-state index >= 15 is 0 Å². The molecule has 1 unspecified atom stereocenters. The summed E-state index contributed by atoms with van der Waals surface area (Å²) in [5, 5.41) is 11.6. The molecule has 0 saturated carbocycles. The van der Waals surface area contributed by atoms with E-state index in [0.717, 1.165) is 0 Å². The van der Waals surface area contributed by atoms with Crippen LogP contribution in [0, 0.1) is 5.82 Å². The third-order valence-corrected chi connectivity index (χ3v) is 4.33. The number of benzene rings is 2. The van der Waals surface area contributed by atoms with Crippen LogP contribution in [0.4, 0.5) is 4.39 Å². The topological polar surface area (TPSA) is 20.2 Å². The predicted molar refractivity (Wildman–Crippen MR) is 80.8 cm³/mol. The van der Waals surface area contributed by atoms with Crippen LogP contribution in [0.15, 0.2) is 42.5 Å². The van der Waals surface area contributed by atoms with Crippen LogP contribution in [-0.4, -0.2) is 5.11 Å². The molecule has 0 bridgehead atoms. The lowest BCUT2D eigenvalue weighted by Gasteiger charge is -2.28. The zero-order chi connectivity index (χ0) is 14.8. The van der Waals surface area contributed by atoms with Crippen molar-refractivity contribution in [2.24, 2.45) is 0 Å². The van der Waals surface area contributed by atoms with Gasteiger partial charge in [0, 0.05) is 12.0 Å². The third-order valence-electron chi connectivity index (χ3n) is 3.47. The van der Waals surface area contributed by atoms with Crippen molar-refractivity contribution in [3.8, 4) is 0 Å². The van der Waals surface area contributed by atoms with Gasteiger partial charge in [-0.2, -0.15) is 0 Å². The second-order valence-corrected chi connectivity index (χ2v) is 5.54. The SMILES string of the molecule is CCC(O)(Cc1cccc(Cl)c1Cl)c1ccccc1F. The van der Waals surface area contributed by atoms with Crippen molar-refractivity contribution in [3.05, 3.63) is 69.5 Å². The molecule has 106 valence electrons. The fraction of sp³-hybridized carbons (Fsp3) is 0.250. The van der Waals surface area contributed by atoms with Crippen LogP contribution in [-0.2, 0) is 12.0 Å². The van der Waals surface area contributed by atoms with Crippen molar-refractivity contribution in [2.75, 3.05) is 0 Å². The van der Waals surface area contributed by atoms with E-state index in [2.05, 4.69) is 0 Å². The average molecular weight is 313 g/mol. The summed E-state index contributed by atoms with van der Waals surface area (Å²) in [5.74, 6) is -0.421. The first-order chi connectivity index (χ1) is 9.48. The highest BCUT2D eigenvalue weighted by Crippen LogP contribution is 2.35. The highest BCUT2D eigenvalue weighted by molar-refractivity contribution is 6.42. The van der Waals surface area contributed by atoms with E-state index in [4.69, 9.17) is 23.2 Å². The normalized spacial score (nSPS) is 14.1. The van der Waals surface area contributed by atoms with Gasteiger partial charge >= 0.3 is 0 Å². The van der Waals surface area contributed by atoms with Gasteiger partial charge in [0.15, 0.2) is 0 Å². The first-order valence-electron chi connectivity index (χ1n) is 6.38. The Balaban J connectivity index is 2.42. The molecule has 1 nitrogen and oxygen atoms in total. The molecule has 1 atom stereocenters. The summed E-state index contributed by atoms with van der Waals surface area (Å²) in [5.41, 5.74) is -0.329. The lowest BCUT2D eigenvalue weighted by Crippen LogP contribution is -2.29. The molecule has 0 heterocycles. The van der Waals surface area contributed by atoms with Crippen LogP contribution in [0.25, 0.3) is 0 Å². The molecule has 0 fully saturated rings. The minimum atomic E-state index is -1.31. The Morgan fingerprint density at radius 2 is 1.80 bits per heavy atom. The van der Waals surface area contributed by atoms with Gasteiger partial charge in [-0.1, -0.05) is 60.5 Å². The fourth-order valence-corrected chi connectivity index (χ4v) is 2.64. The first-order valence-corrected chi connectivity index (χ1v) is 7.14. The Morgan fingerprint density at radius 1 is 1.10 bits per heavy atom. The van der Waals surface area contributed by atoms with E-state index < -0.39 is 11.4 Å².